The molecule has 0 saturated carbocycles. The van der Waals surface area contributed by atoms with Crippen LogP contribution < -0.4 is 0 Å². The van der Waals surface area contributed by atoms with Crippen molar-refractivity contribution in [1.29, 1.82) is 0 Å². The molecule has 5 atom stereocenters. The van der Waals surface area contributed by atoms with Crippen LogP contribution in [0.3, 0.4) is 0 Å². The molecule has 0 spiro atoms. The Bertz CT molecular complexity index is 1180. The molecule has 0 radical (unpaired) electrons. The number of methoxy groups -OCH3 is 1. The van der Waals surface area contributed by atoms with Crippen LogP contribution in [0.2, 0.25) is 0 Å². The minimum atomic E-state index is -1.21. The maximum Gasteiger partial charge on any atom is 0.168 e. The lowest BCUT2D eigenvalue weighted by Gasteiger charge is -2.43. The van der Waals surface area contributed by atoms with E-state index in [4.69, 9.17) is 14.0 Å². The summed E-state index contributed by atoms with van der Waals surface area (Å²) in [5, 5.41) is 33.0. The maximum absolute atomic E-state index is 14.5. The van der Waals surface area contributed by atoms with Crippen LogP contribution in [0.1, 0.15) is 43.8 Å². The molecule has 9 nitrogen and oxygen atoms in total. The Morgan fingerprint density at radius 1 is 1.17 bits per heavy atom. The molecule has 0 bridgehead atoms. The molecular formula is C24H30F2N4O5. The number of nitrogens with zero attached hydrogens (tertiary/aromatic N) is 4. The Labute approximate surface area is 201 Å². The van der Waals surface area contributed by atoms with E-state index in [0.717, 1.165) is 5.69 Å². The summed E-state index contributed by atoms with van der Waals surface area (Å²) in [6, 6.07) is 3.88. The van der Waals surface area contributed by atoms with E-state index in [2.05, 4.69) is 15.5 Å². The molecule has 1 saturated heterocycles. The summed E-state index contributed by atoms with van der Waals surface area (Å²) < 4.78 is 47.1. The monoisotopic (exact) mass is 492 g/mol. The lowest BCUT2D eigenvalue weighted by molar-refractivity contribution is -0.212. The summed E-state index contributed by atoms with van der Waals surface area (Å²) in [5.74, 6) is -1.43. The van der Waals surface area contributed by atoms with Gasteiger partial charge in [-0.05, 0) is 18.6 Å². The first kappa shape index (κ1) is 25.4. The van der Waals surface area contributed by atoms with E-state index < -0.39 is 48.7 Å². The van der Waals surface area contributed by atoms with Crippen LogP contribution in [-0.4, -0.2) is 68.5 Å². The van der Waals surface area contributed by atoms with Gasteiger partial charge in [0.15, 0.2) is 11.6 Å². The van der Waals surface area contributed by atoms with Crippen molar-refractivity contribution >= 4 is 0 Å². The van der Waals surface area contributed by atoms with Crippen LogP contribution in [0, 0.1) is 18.6 Å². The fourth-order valence-corrected chi connectivity index (χ4v) is 4.28. The molecule has 1 fully saturated rings. The van der Waals surface area contributed by atoms with E-state index in [1.807, 2.05) is 26.8 Å². The second-order valence-corrected chi connectivity index (χ2v) is 9.85. The maximum atomic E-state index is 14.5. The molecule has 2 N–H and O–H groups in total. The zero-order valence-electron chi connectivity index (χ0n) is 20.3. The number of aliphatic hydroxyl groups excluding tert-OH is 2. The summed E-state index contributed by atoms with van der Waals surface area (Å²) >= 11 is 0. The zero-order valence-corrected chi connectivity index (χ0v) is 20.3. The Kier molecular flexibility index (Phi) is 7.05. The summed E-state index contributed by atoms with van der Waals surface area (Å²) in [5.41, 5.74) is 0.789. The first-order valence-electron chi connectivity index (χ1n) is 11.3. The lowest BCUT2D eigenvalue weighted by Crippen LogP contribution is -2.57. The number of ether oxygens (including phenoxy) is 2. The molecule has 1 aromatic carbocycles. The van der Waals surface area contributed by atoms with Crippen molar-refractivity contribution in [2.45, 2.75) is 70.0 Å². The molecule has 2 aromatic heterocycles. The third-order valence-corrected chi connectivity index (χ3v) is 6.33. The summed E-state index contributed by atoms with van der Waals surface area (Å²) in [4.78, 5) is 0. The van der Waals surface area contributed by atoms with E-state index in [1.165, 1.54) is 37.0 Å². The molecule has 0 amide bonds. The van der Waals surface area contributed by atoms with Crippen LogP contribution in [0.25, 0.3) is 11.3 Å². The normalized spacial score (nSPS) is 25.2. The van der Waals surface area contributed by atoms with Crippen molar-refractivity contribution in [2.75, 3.05) is 13.7 Å². The molecule has 0 aliphatic carbocycles. The number of benzene rings is 1. The Hall–Kier alpha value is -2.73. The Morgan fingerprint density at radius 2 is 1.91 bits per heavy atom. The van der Waals surface area contributed by atoms with Gasteiger partial charge in [0.1, 0.15) is 35.8 Å². The molecule has 3 aromatic rings. The first-order chi connectivity index (χ1) is 16.5. The molecule has 1 aliphatic rings. The van der Waals surface area contributed by atoms with E-state index in [1.54, 1.807) is 0 Å². The van der Waals surface area contributed by atoms with Crippen molar-refractivity contribution in [2.24, 2.45) is 0 Å². The van der Waals surface area contributed by atoms with Gasteiger partial charge in [-0.25, -0.2) is 13.5 Å². The number of hydrogen-bond acceptors (Lipinski definition) is 8. The molecule has 4 rings (SSSR count). The molecular weight excluding hydrogens is 462 g/mol. The average Bonchev–Trinajstić information content (AvgIpc) is 3.48. The predicted octanol–water partition coefficient (Wildman–Crippen LogP) is 2.74. The molecule has 11 heteroatoms. The number of rotatable bonds is 6. The largest absolute Gasteiger partial charge is 0.394 e. The van der Waals surface area contributed by atoms with Gasteiger partial charge in [-0.1, -0.05) is 37.2 Å². The van der Waals surface area contributed by atoms with Crippen LogP contribution in [0.5, 0.6) is 0 Å². The van der Waals surface area contributed by atoms with Gasteiger partial charge in [-0.3, -0.25) is 0 Å². The quantitative estimate of drug-likeness (QED) is 0.540. The Balaban J connectivity index is 1.66. The van der Waals surface area contributed by atoms with Crippen LogP contribution >= 0.6 is 0 Å². The van der Waals surface area contributed by atoms with E-state index >= 15 is 0 Å². The molecule has 190 valence electrons. The second-order valence-electron chi connectivity index (χ2n) is 9.85. The first-order valence-corrected chi connectivity index (χ1v) is 11.3. The fourth-order valence-electron chi connectivity index (χ4n) is 4.28. The summed E-state index contributed by atoms with van der Waals surface area (Å²) in [7, 11) is 1.47. The molecule has 3 heterocycles. The van der Waals surface area contributed by atoms with Crippen LogP contribution in [0.15, 0.2) is 28.9 Å². The highest BCUT2D eigenvalue weighted by molar-refractivity contribution is 5.59. The number of halogens is 2. The average molecular weight is 493 g/mol. The fraction of sp³-hybridized carbons (Fsp3) is 0.542. The predicted molar refractivity (Wildman–Crippen MR) is 121 cm³/mol. The van der Waals surface area contributed by atoms with E-state index in [0.29, 0.717) is 5.76 Å². The Morgan fingerprint density at radius 3 is 2.54 bits per heavy atom. The highest BCUT2D eigenvalue weighted by Gasteiger charge is 2.47. The topological polar surface area (TPSA) is 116 Å². The van der Waals surface area contributed by atoms with Gasteiger partial charge in [-0.15, -0.1) is 5.10 Å². The molecule has 0 unspecified atom stereocenters. The van der Waals surface area contributed by atoms with E-state index in [-0.39, 0.29) is 28.7 Å². The number of aromatic nitrogens is 4. The lowest BCUT2D eigenvalue weighted by atomic mass is 9.89. The third kappa shape index (κ3) is 4.86. The minimum Gasteiger partial charge on any atom is -0.394 e. The van der Waals surface area contributed by atoms with Gasteiger partial charge in [0.2, 0.25) is 0 Å². The third-order valence-electron chi connectivity index (χ3n) is 6.33. The standard InChI is InChI=1S/C24H30F2N4O5/c1-12-6-7-14(20(26)19(12)25)15-10-30(29-27-15)21-22(32)17(11-31)34-16(23(21)33-5)8-13-9-18(28-35-13)24(2,3)4/h6-7,9-10,16-17,21-23,31-32H,8,11H2,1-5H3/t16-,17-,21+,22+,23+/m1/s1. The smallest absolute Gasteiger partial charge is 0.168 e. The van der Waals surface area contributed by atoms with E-state index in [9.17, 15) is 19.0 Å². The number of hydrogen-bond donors (Lipinski definition) is 2. The van der Waals surface area contributed by atoms with Gasteiger partial charge in [0.05, 0.1) is 24.6 Å². The van der Waals surface area contributed by atoms with Crippen molar-refractivity contribution in [3.8, 4) is 11.3 Å². The number of aryl methyl sites for hydroxylation is 1. The van der Waals surface area contributed by atoms with Crippen LogP contribution in [0.4, 0.5) is 8.78 Å². The highest BCUT2D eigenvalue weighted by atomic mass is 19.2. The summed E-state index contributed by atoms with van der Waals surface area (Å²) in [6.45, 7) is 7.07. The second kappa shape index (κ2) is 9.73. The number of aliphatic hydroxyl groups is 2. The van der Waals surface area contributed by atoms with Gasteiger partial charge in [-0.2, -0.15) is 0 Å². The molecule has 1 aliphatic heterocycles. The van der Waals surface area contributed by atoms with Gasteiger partial charge >= 0.3 is 0 Å². The van der Waals surface area contributed by atoms with Crippen molar-refractivity contribution in [3.05, 3.63) is 53.0 Å². The van der Waals surface area contributed by atoms with Crippen molar-refractivity contribution < 1.29 is 33.0 Å². The minimum absolute atomic E-state index is 0.0542. The van der Waals surface area contributed by atoms with Crippen LogP contribution in [-0.2, 0) is 21.3 Å². The highest BCUT2D eigenvalue weighted by Crippen LogP contribution is 2.35. The van der Waals surface area contributed by atoms with Gasteiger partial charge in [0.25, 0.3) is 0 Å². The van der Waals surface area contributed by atoms with Gasteiger partial charge in [0, 0.05) is 30.6 Å². The van der Waals surface area contributed by atoms with Crippen molar-refractivity contribution in [3.63, 3.8) is 0 Å². The SMILES string of the molecule is CO[C@@H]1[C@@H](n2cc(-c3ccc(C)c(F)c3F)nn2)[C@@H](O)[C@@H](CO)O[C@@H]1Cc1cc(C(C)(C)C)no1. The van der Waals surface area contributed by atoms with Gasteiger partial charge < -0.3 is 24.2 Å². The molecule has 35 heavy (non-hydrogen) atoms. The summed E-state index contributed by atoms with van der Waals surface area (Å²) in [6.07, 6.45) is -1.84. The van der Waals surface area contributed by atoms with Crippen molar-refractivity contribution in [1.82, 2.24) is 20.2 Å². The zero-order chi connectivity index (χ0) is 25.5.